The van der Waals surface area contributed by atoms with E-state index in [1.807, 2.05) is 46.0 Å². The van der Waals surface area contributed by atoms with Crippen molar-refractivity contribution >= 4 is 32.6 Å². The summed E-state index contributed by atoms with van der Waals surface area (Å²) in [7, 11) is -3.01. The molecule has 1 aliphatic carbocycles. The van der Waals surface area contributed by atoms with Crippen LogP contribution in [0.4, 0.5) is 5.95 Å². The minimum atomic E-state index is -3.01. The van der Waals surface area contributed by atoms with E-state index in [0.29, 0.717) is 31.3 Å². The van der Waals surface area contributed by atoms with Crippen molar-refractivity contribution in [3.05, 3.63) is 42.7 Å². The first-order chi connectivity index (χ1) is 18.8. The number of carbonyl (C=O) groups is 1. The Morgan fingerprint density at radius 2 is 1.97 bits per heavy atom. The molecule has 0 spiro atoms. The number of rotatable bonds is 9. The van der Waals surface area contributed by atoms with Gasteiger partial charge in [0.15, 0.2) is 0 Å². The Kier molecular flexibility index (Phi) is 8.37. The normalized spacial score (nSPS) is 22.1. The van der Waals surface area contributed by atoms with Crippen LogP contribution >= 0.6 is 0 Å². The number of anilines is 1. The second-order valence-corrected chi connectivity index (χ2v) is 13.0. The fourth-order valence-corrected chi connectivity index (χ4v) is 6.24. The number of sulfone groups is 1. The summed E-state index contributed by atoms with van der Waals surface area (Å²) in [4.78, 5) is 23.9. The van der Waals surface area contributed by atoms with Crippen LogP contribution in [-0.2, 0) is 14.6 Å². The second-order valence-electron chi connectivity index (χ2n) is 10.7. The predicted octanol–water partition coefficient (Wildman–Crippen LogP) is 3.19. The molecule has 2 aliphatic rings. The minimum absolute atomic E-state index is 0.0228. The van der Waals surface area contributed by atoms with Crippen LogP contribution in [0.3, 0.4) is 0 Å². The van der Waals surface area contributed by atoms with E-state index in [1.165, 1.54) is 6.26 Å². The van der Waals surface area contributed by atoms with E-state index in [-0.39, 0.29) is 23.6 Å². The maximum absolute atomic E-state index is 12.9. The number of aromatic nitrogens is 3. The molecule has 1 aliphatic heterocycles. The number of carbonyl (C=O) groups excluding carboxylic acids is 1. The van der Waals surface area contributed by atoms with E-state index >= 15 is 0 Å². The van der Waals surface area contributed by atoms with Crippen LogP contribution in [0.25, 0.3) is 16.7 Å². The van der Waals surface area contributed by atoms with E-state index in [2.05, 4.69) is 10.3 Å². The van der Waals surface area contributed by atoms with Crippen LogP contribution in [-0.4, -0.2) is 82.7 Å². The lowest BCUT2D eigenvalue weighted by molar-refractivity contribution is -0.139. The summed E-state index contributed by atoms with van der Waals surface area (Å²) < 4.78 is 30.6. The third-order valence-electron chi connectivity index (χ3n) is 7.62. The van der Waals surface area contributed by atoms with Crippen LogP contribution < -0.4 is 10.1 Å². The molecule has 1 unspecified atom stereocenters. The highest BCUT2D eigenvalue weighted by Gasteiger charge is 2.31. The third kappa shape index (κ3) is 6.88. The fraction of sp³-hybridized carbons (Fsp3) is 0.536. The van der Waals surface area contributed by atoms with Crippen molar-refractivity contribution in [2.24, 2.45) is 5.92 Å². The molecule has 1 saturated carbocycles. The number of piperidine rings is 1. The van der Waals surface area contributed by atoms with Gasteiger partial charge in [0.05, 0.1) is 24.0 Å². The molecule has 2 fully saturated rings. The highest BCUT2D eigenvalue weighted by atomic mass is 32.2. The number of nitrogens with one attached hydrogen (secondary N) is 1. The molecular weight excluding hydrogens is 518 g/mol. The predicted molar refractivity (Wildman–Crippen MR) is 150 cm³/mol. The molecule has 1 aromatic carbocycles. The number of amides is 1. The average Bonchev–Trinajstić information content (AvgIpc) is 3.36. The zero-order valence-corrected chi connectivity index (χ0v) is 23.1. The van der Waals surface area contributed by atoms with Gasteiger partial charge in [0.25, 0.3) is 0 Å². The molecule has 0 bridgehead atoms. The van der Waals surface area contributed by atoms with Gasteiger partial charge < -0.3 is 24.6 Å². The van der Waals surface area contributed by atoms with Gasteiger partial charge in [-0.05, 0) is 69.2 Å². The van der Waals surface area contributed by atoms with Crippen molar-refractivity contribution in [1.29, 1.82) is 0 Å². The summed E-state index contributed by atoms with van der Waals surface area (Å²) in [6.07, 6.45) is 9.97. The van der Waals surface area contributed by atoms with Gasteiger partial charge >= 0.3 is 0 Å². The van der Waals surface area contributed by atoms with Gasteiger partial charge in [0, 0.05) is 49.1 Å². The molecule has 2 N–H and O–H groups in total. The molecule has 210 valence electrons. The number of β-amino-alcohol motifs (C(OH)–C–C–N with tert-alkyl or cyclic N) is 1. The zero-order chi connectivity index (χ0) is 27.4. The third-order valence-corrected chi connectivity index (χ3v) is 8.65. The Balaban J connectivity index is 1.20. The van der Waals surface area contributed by atoms with Crippen molar-refractivity contribution in [2.45, 2.75) is 57.1 Å². The molecule has 5 rings (SSSR count). The summed E-state index contributed by atoms with van der Waals surface area (Å²) >= 11 is 0. The summed E-state index contributed by atoms with van der Waals surface area (Å²) in [5, 5.41) is 14.3. The van der Waals surface area contributed by atoms with Gasteiger partial charge in [-0.2, -0.15) is 4.98 Å². The number of hydrogen-bond acceptors (Lipinski definition) is 8. The number of fused-ring (bicyclic) bond motifs is 1. The highest BCUT2D eigenvalue weighted by molar-refractivity contribution is 7.90. The first-order valence-corrected chi connectivity index (χ1v) is 15.8. The smallest absolute Gasteiger partial charge is 0.225 e. The first-order valence-electron chi connectivity index (χ1n) is 13.7. The molecule has 2 aromatic heterocycles. The van der Waals surface area contributed by atoms with Crippen molar-refractivity contribution in [2.75, 3.05) is 37.0 Å². The largest absolute Gasteiger partial charge is 0.493 e. The Morgan fingerprint density at radius 1 is 1.15 bits per heavy atom. The van der Waals surface area contributed by atoms with Crippen molar-refractivity contribution in [1.82, 2.24) is 19.4 Å². The maximum Gasteiger partial charge on any atom is 0.225 e. The molecule has 39 heavy (non-hydrogen) atoms. The number of ether oxygens (including phenoxy) is 1. The monoisotopic (exact) mass is 555 g/mol. The van der Waals surface area contributed by atoms with Gasteiger partial charge in [0.2, 0.25) is 11.9 Å². The zero-order valence-electron chi connectivity index (χ0n) is 22.3. The molecule has 1 saturated heterocycles. The molecule has 0 radical (unpaired) electrons. The average molecular weight is 556 g/mol. The van der Waals surface area contributed by atoms with E-state index in [1.54, 1.807) is 6.20 Å². The molecule has 10 nitrogen and oxygen atoms in total. The Morgan fingerprint density at radius 3 is 2.74 bits per heavy atom. The Bertz CT molecular complexity index is 1400. The number of hydrogen-bond donors (Lipinski definition) is 2. The summed E-state index contributed by atoms with van der Waals surface area (Å²) in [6.45, 7) is 1.54. The summed E-state index contributed by atoms with van der Waals surface area (Å²) in [5.41, 5.74) is 0.933. The van der Waals surface area contributed by atoms with Crippen LogP contribution in [0.5, 0.6) is 5.75 Å². The molecule has 3 heterocycles. The maximum atomic E-state index is 12.9. The van der Waals surface area contributed by atoms with Gasteiger partial charge in [-0.1, -0.05) is 6.07 Å². The van der Waals surface area contributed by atoms with E-state index in [9.17, 15) is 18.3 Å². The SMILES string of the molecule is CS(=O)(=O)CCCOc1cccc2c1ccn2-c1ccnc(NC2CCC(C(=O)N3CCCC(O)C3)CC2)n1. The number of likely N-dealkylation sites (tertiary alicyclic amines) is 1. The molecule has 1 atom stereocenters. The second kappa shape index (κ2) is 11.9. The van der Waals surface area contributed by atoms with Crippen molar-refractivity contribution in [3.8, 4) is 11.6 Å². The standard InChI is InChI=1S/C28H37N5O5S/c1-39(36,37)18-4-17-38-25-7-2-6-24-23(25)13-16-33(24)26-12-14-29-28(31-26)30-21-10-8-20(9-11-21)27(35)32-15-3-5-22(34)19-32/h2,6-7,12-14,16,20-22,34H,3-5,8-11,15,17-19H2,1H3,(H,29,30,31). The van der Waals surface area contributed by atoms with Crippen LogP contribution in [0.2, 0.25) is 0 Å². The number of nitrogens with zero attached hydrogens (tertiary/aromatic N) is 4. The summed E-state index contributed by atoms with van der Waals surface area (Å²) in [5.74, 6) is 2.29. The lowest BCUT2D eigenvalue weighted by atomic mass is 9.85. The van der Waals surface area contributed by atoms with Gasteiger partial charge in [-0.25, -0.2) is 13.4 Å². The molecule has 1 amide bonds. The Labute approximate surface area is 229 Å². The lowest BCUT2D eigenvalue weighted by Gasteiger charge is -2.35. The number of aliphatic hydroxyl groups excluding tert-OH is 1. The number of benzene rings is 1. The van der Waals surface area contributed by atoms with Gasteiger partial charge in [-0.3, -0.25) is 4.79 Å². The molecular formula is C28H37N5O5S. The Hall–Kier alpha value is -3.18. The van der Waals surface area contributed by atoms with Crippen LogP contribution in [0.15, 0.2) is 42.7 Å². The quantitative estimate of drug-likeness (QED) is 0.386. The number of aliphatic hydroxyl groups is 1. The topological polar surface area (TPSA) is 127 Å². The van der Waals surface area contributed by atoms with Gasteiger partial charge in [-0.15, -0.1) is 0 Å². The van der Waals surface area contributed by atoms with E-state index < -0.39 is 15.9 Å². The highest BCUT2D eigenvalue weighted by Crippen LogP contribution is 2.30. The molecule has 3 aromatic rings. The minimum Gasteiger partial charge on any atom is -0.493 e. The fourth-order valence-electron chi connectivity index (χ4n) is 5.60. The summed E-state index contributed by atoms with van der Waals surface area (Å²) in [6, 6.07) is 9.81. The lowest BCUT2D eigenvalue weighted by Crippen LogP contribution is -2.46. The van der Waals surface area contributed by atoms with E-state index in [4.69, 9.17) is 9.72 Å². The molecule has 11 heteroatoms. The van der Waals surface area contributed by atoms with E-state index in [0.717, 1.165) is 61.8 Å². The van der Waals surface area contributed by atoms with Gasteiger partial charge in [0.1, 0.15) is 21.4 Å². The van der Waals surface area contributed by atoms with Crippen molar-refractivity contribution in [3.63, 3.8) is 0 Å². The van der Waals surface area contributed by atoms with Crippen LogP contribution in [0.1, 0.15) is 44.9 Å². The van der Waals surface area contributed by atoms with Crippen LogP contribution in [0, 0.1) is 5.92 Å². The first kappa shape index (κ1) is 27.4. The van der Waals surface area contributed by atoms with Crippen molar-refractivity contribution < 1.29 is 23.1 Å².